The van der Waals surface area contributed by atoms with Gasteiger partial charge in [-0.1, -0.05) is 6.07 Å². The first-order valence-electron chi connectivity index (χ1n) is 5.78. The zero-order valence-electron chi connectivity index (χ0n) is 9.65. The normalized spacial score (nSPS) is 16.6. The van der Waals surface area contributed by atoms with Gasteiger partial charge in [0.25, 0.3) is 0 Å². The number of hydrogen-bond acceptors (Lipinski definition) is 2. The summed E-state index contributed by atoms with van der Waals surface area (Å²) in [5.41, 5.74) is 0.529. The van der Waals surface area contributed by atoms with Gasteiger partial charge >= 0.3 is 5.97 Å². The summed E-state index contributed by atoms with van der Waals surface area (Å²) in [4.78, 5) is 11.1. The third kappa shape index (κ3) is 2.57. The van der Waals surface area contributed by atoms with E-state index < -0.39 is 17.7 Å². The highest BCUT2D eigenvalue weighted by atomic mass is 19.1. The van der Waals surface area contributed by atoms with Crippen molar-refractivity contribution in [1.82, 2.24) is 0 Å². The number of ether oxygens (including phenoxy) is 1. The van der Waals surface area contributed by atoms with Crippen molar-refractivity contribution in [3.63, 3.8) is 0 Å². The largest absolute Gasteiger partial charge is 0.491 e. The summed E-state index contributed by atoms with van der Waals surface area (Å²) in [7, 11) is 0. The Morgan fingerprint density at radius 2 is 2.29 bits per heavy atom. The monoisotopic (exact) mass is 238 g/mol. The molecule has 0 aliphatic heterocycles. The number of rotatable bonds is 5. The molecule has 1 aliphatic carbocycles. The maximum absolute atomic E-state index is 13.6. The van der Waals surface area contributed by atoms with Gasteiger partial charge in [-0.15, -0.1) is 0 Å². The molecular formula is C13H15FO3. The van der Waals surface area contributed by atoms with Crippen LogP contribution in [0.3, 0.4) is 0 Å². The van der Waals surface area contributed by atoms with Crippen molar-refractivity contribution in [2.24, 2.45) is 5.92 Å². The minimum absolute atomic E-state index is 0.157. The Balaban J connectivity index is 2.25. The Morgan fingerprint density at radius 3 is 2.76 bits per heavy atom. The third-order valence-corrected chi connectivity index (χ3v) is 2.97. The SMILES string of the molecule is CCOc1ccc(C(C(=O)O)C2CC2)cc1F. The van der Waals surface area contributed by atoms with Crippen LogP contribution in [0, 0.1) is 11.7 Å². The van der Waals surface area contributed by atoms with Crippen LogP contribution in [0.15, 0.2) is 18.2 Å². The maximum Gasteiger partial charge on any atom is 0.311 e. The number of aliphatic carboxylic acids is 1. The van der Waals surface area contributed by atoms with Crippen LogP contribution in [-0.2, 0) is 4.79 Å². The van der Waals surface area contributed by atoms with Crippen LogP contribution in [-0.4, -0.2) is 17.7 Å². The van der Waals surface area contributed by atoms with E-state index in [4.69, 9.17) is 9.84 Å². The van der Waals surface area contributed by atoms with Gasteiger partial charge in [0.2, 0.25) is 0 Å². The minimum atomic E-state index is -0.879. The van der Waals surface area contributed by atoms with E-state index >= 15 is 0 Å². The van der Waals surface area contributed by atoms with Gasteiger partial charge in [0, 0.05) is 0 Å². The van der Waals surface area contributed by atoms with Gasteiger partial charge in [0.1, 0.15) is 0 Å². The molecule has 4 heteroatoms. The van der Waals surface area contributed by atoms with Crippen LogP contribution in [0.1, 0.15) is 31.2 Å². The van der Waals surface area contributed by atoms with Crippen LogP contribution in [0.5, 0.6) is 5.75 Å². The molecule has 1 fully saturated rings. The van der Waals surface area contributed by atoms with Crippen LogP contribution in [0.2, 0.25) is 0 Å². The summed E-state index contributed by atoms with van der Waals surface area (Å²) in [5.74, 6) is -1.62. The van der Waals surface area contributed by atoms with Gasteiger partial charge in [-0.2, -0.15) is 0 Å². The van der Waals surface area contributed by atoms with Crippen molar-refractivity contribution in [2.45, 2.75) is 25.7 Å². The molecule has 1 unspecified atom stereocenters. The lowest BCUT2D eigenvalue weighted by atomic mass is 9.94. The molecule has 0 saturated heterocycles. The van der Waals surface area contributed by atoms with Gasteiger partial charge in [-0.05, 0) is 43.4 Å². The predicted octanol–water partition coefficient (Wildman–Crippen LogP) is 2.80. The van der Waals surface area contributed by atoms with Gasteiger partial charge in [-0.3, -0.25) is 4.79 Å². The number of carboxylic acids is 1. The molecule has 0 heterocycles. The molecule has 17 heavy (non-hydrogen) atoms. The van der Waals surface area contributed by atoms with Crippen LogP contribution >= 0.6 is 0 Å². The lowest BCUT2D eigenvalue weighted by molar-refractivity contribution is -0.139. The molecule has 1 atom stereocenters. The Hall–Kier alpha value is -1.58. The number of halogens is 1. The third-order valence-electron chi connectivity index (χ3n) is 2.97. The Bertz CT molecular complexity index is 427. The van der Waals surface area contributed by atoms with Crippen molar-refractivity contribution in [3.8, 4) is 5.75 Å². The van der Waals surface area contributed by atoms with E-state index in [9.17, 15) is 9.18 Å². The molecule has 2 rings (SSSR count). The molecule has 0 amide bonds. The lowest BCUT2D eigenvalue weighted by Gasteiger charge is -2.13. The molecule has 0 bridgehead atoms. The van der Waals surface area contributed by atoms with Crippen molar-refractivity contribution < 1.29 is 19.0 Å². The molecule has 1 N–H and O–H groups in total. The second-order valence-corrected chi connectivity index (χ2v) is 4.28. The average Bonchev–Trinajstić information content (AvgIpc) is 3.06. The minimum Gasteiger partial charge on any atom is -0.491 e. The van der Waals surface area contributed by atoms with Gasteiger partial charge in [-0.25, -0.2) is 4.39 Å². The summed E-state index contributed by atoms with van der Waals surface area (Å²) < 4.78 is 18.7. The maximum atomic E-state index is 13.6. The molecule has 0 spiro atoms. The lowest BCUT2D eigenvalue weighted by Crippen LogP contribution is -2.14. The standard InChI is InChI=1S/C13H15FO3/c1-2-17-11-6-5-9(7-10(11)14)12(13(15)16)8-3-4-8/h5-8,12H,2-4H2,1H3,(H,15,16). The Kier molecular flexibility index (Phi) is 3.31. The van der Waals surface area contributed by atoms with E-state index in [1.165, 1.54) is 12.1 Å². The molecule has 1 aromatic carbocycles. The Labute approximate surface area is 99.2 Å². The highest BCUT2D eigenvalue weighted by molar-refractivity contribution is 5.77. The molecule has 1 aliphatic rings. The number of carboxylic acid groups (broad SMARTS) is 1. The number of benzene rings is 1. The van der Waals surface area contributed by atoms with Crippen LogP contribution < -0.4 is 4.74 Å². The van der Waals surface area contributed by atoms with Crippen molar-refractivity contribution in [1.29, 1.82) is 0 Å². The summed E-state index contributed by atoms with van der Waals surface area (Å²) >= 11 is 0. The predicted molar refractivity (Wildman–Crippen MR) is 60.7 cm³/mol. The van der Waals surface area contributed by atoms with E-state index in [1.807, 2.05) is 0 Å². The first kappa shape index (κ1) is 11.9. The molecule has 1 aromatic rings. The zero-order valence-corrected chi connectivity index (χ0v) is 9.65. The molecule has 0 radical (unpaired) electrons. The highest BCUT2D eigenvalue weighted by Crippen LogP contribution is 2.43. The van der Waals surface area contributed by atoms with Crippen LogP contribution in [0.25, 0.3) is 0 Å². The first-order valence-corrected chi connectivity index (χ1v) is 5.78. The first-order chi connectivity index (χ1) is 8.13. The van der Waals surface area contributed by atoms with Crippen LogP contribution in [0.4, 0.5) is 4.39 Å². The summed E-state index contributed by atoms with van der Waals surface area (Å²) in [6.07, 6.45) is 1.82. The van der Waals surface area contributed by atoms with E-state index in [2.05, 4.69) is 0 Å². The zero-order chi connectivity index (χ0) is 12.4. The summed E-state index contributed by atoms with van der Waals surface area (Å²) in [6, 6.07) is 4.43. The van der Waals surface area contributed by atoms with Gasteiger partial charge < -0.3 is 9.84 Å². The van der Waals surface area contributed by atoms with E-state index in [0.717, 1.165) is 12.8 Å². The van der Waals surface area contributed by atoms with Crippen molar-refractivity contribution in [3.05, 3.63) is 29.6 Å². The molecular weight excluding hydrogens is 223 g/mol. The van der Waals surface area contributed by atoms with E-state index in [1.54, 1.807) is 13.0 Å². The van der Waals surface area contributed by atoms with Gasteiger partial charge in [0.05, 0.1) is 12.5 Å². The van der Waals surface area contributed by atoms with Gasteiger partial charge in [0.15, 0.2) is 11.6 Å². The summed E-state index contributed by atoms with van der Waals surface area (Å²) in [5, 5.41) is 9.15. The quantitative estimate of drug-likeness (QED) is 0.858. The molecule has 1 saturated carbocycles. The smallest absolute Gasteiger partial charge is 0.311 e. The molecule has 92 valence electrons. The fourth-order valence-electron chi connectivity index (χ4n) is 2.03. The van der Waals surface area contributed by atoms with Crippen molar-refractivity contribution >= 4 is 5.97 Å². The fraction of sp³-hybridized carbons (Fsp3) is 0.462. The highest BCUT2D eigenvalue weighted by Gasteiger charge is 2.37. The average molecular weight is 238 g/mol. The number of hydrogen-bond donors (Lipinski definition) is 1. The summed E-state index contributed by atoms with van der Waals surface area (Å²) in [6.45, 7) is 2.17. The second-order valence-electron chi connectivity index (χ2n) is 4.28. The van der Waals surface area contributed by atoms with Crippen molar-refractivity contribution in [2.75, 3.05) is 6.61 Å². The Morgan fingerprint density at radius 1 is 1.59 bits per heavy atom. The second kappa shape index (κ2) is 4.73. The molecule has 3 nitrogen and oxygen atoms in total. The molecule has 0 aromatic heterocycles. The van der Waals surface area contributed by atoms with E-state index in [-0.39, 0.29) is 11.7 Å². The number of carbonyl (C=O) groups is 1. The van der Waals surface area contributed by atoms with E-state index in [0.29, 0.717) is 12.2 Å². The topological polar surface area (TPSA) is 46.5 Å². The fourth-order valence-corrected chi connectivity index (χ4v) is 2.03.